The van der Waals surface area contributed by atoms with Crippen LogP contribution in [-0.4, -0.2) is 51.3 Å². The first kappa shape index (κ1) is 21.4. The smallest absolute Gasteiger partial charge is 0.221 e. The average Bonchev–Trinajstić information content (AvgIpc) is 2.98. The molecule has 6 nitrogen and oxygen atoms in total. The van der Waals surface area contributed by atoms with Crippen LogP contribution in [0.3, 0.4) is 0 Å². The fourth-order valence-corrected chi connectivity index (χ4v) is 2.41. The average molecular weight is 426 g/mol. The number of ether oxygens (including phenoxy) is 1. The fraction of sp³-hybridized carbons (Fsp3) is 0.867. The zero-order chi connectivity index (χ0) is 15.3. The van der Waals surface area contributed by atoms with Crippen molar-refractivity contribution < 1.29 is 9.53 Å². The number of amides is 1. The minimum Gasteiger partial charge on any atom is -0.382 e. The van der Waals surface area contributed by atoms with Crippen LogP contribution >= 0.6 is 24.0 Å². The normalized spacial score (nSPS) is 15.3. The summed E-state index contributed by atoms with van der Waals surface area (Å²) in [7, 11) is 1.73. The van der Waals surface area contributed by atoms with Gasteiger partial charge in [-0.15, -0.1) is 24.0 Å². The quantitative estimate of drug-likeness (QED) is 0.227. The van der Waals surface area contributed by atoms with E-state index in [-0.39, 0.29) is 29.9 Å². The van der Waals surface area contributed by atoms with Crippen LogP contribution in [0, 0.1) is 0 Å². The highest BCUT2D eigenvalue weighted by Gasteiger charge is 2.16. The van der Waals surface area contributed by atoms with E-state index >= 15 is 0 Å². The van der Waals surface area contributed by atoms with E-state index in [9.17, 15) is 4.79 Å². The molecule has 0 aromatic carbocycles. The van der Waals surface area contributed by atoms with Gasteiger partial charge in [-0.1, -0.05) is 12.8 Å². The zero-order valence-corrected chi connectivity index (χ0v) is 16.2. The summed E-state index contributed by atoms with van der Waals surface area (Å²) in [6, 6.07) is 0.397. The van der Waals surface area contributed by atoms with Crippen LogP contribution in [0.4, 0.5) is 0 Å². The van der Waals surface area contributed by atoms with Gasteiger partial charge in [-0.25, -0.2) is 0 Å². The Balaban J connectivity index is 0.00000441. The van der Waals surface area contributed by atoms with Crippen LogP contribution in [0.5, 0.6) is 0 Å². The number of carbonyl (C=O) groups excluding carboxylic acids is 1. The molecule has 1 fully saturated rings. The van der Waals surface area contributed by atoms with Crippen molar-refractivity contribution in [3.63, 3.8) is 0 Å². The fourth-order valence-electron chi connectivity index (χ4n) is 2.41. The van der Waals surface area contributed by atoms with Gasteiger partial charge in [-0.3, -0.25) is 9.79 Å². The molecule has 1 rings (SSSR count). The third kappa shape index (κ3) is 10.2. The lowest BCUT2D eigenvalue weighted by Gasteiger charge is -2.14. The predicted octanol–water partition coefficient (Wildman–Crippen LogP) is 1.64. The van der Waals surface area contributed by atoms with Crippen molar-refractivity contribution in [3.05, 3.63) is 0 Å². The molecule has 1 aliphatic carbocycles. The van der Waals surface area contributed by atoms with Gasteiger partial charge >= 0.3 is 0 Å². The highest BCUT2D eigenvalue weighted by molar-refractivity contribution is 14.0. The molecule has 3 N–H and O–H groups in total. The number of hydrogen-bond donors (Lipinski definition) is 3. The molecule has 0 heterocycles. The highest BCUT2D eigenvalue weighted by Crippen LogP contribution is 2.17. The Kier molecular flexibility index (Phi) is 13.7. The summed E-state index contributed by atoms with van der Waals surface area (Å²) in [5.74, 6) is 0.862. The van der Waals surface area contributed by atoms with Gasteiger partial charge in [-0.05, 0) is 26.2 Å². The summed E-state index contributed by atoms with van der Waals surface area (Å²) in [4.78, 5) is 15.9. The van der Waals surface area contributed by atoms with Gasteiger partial charge in [0.05, 0.1) is 0 Å². The van der Waals surface area contributed by atoms with Crippen LogP contribution in [0.25, 0.3) is 0 Å². The van der Waals surface area contributed by atoms with Crippen molar-refractivity contribution in [1.29, 1.82) is 0 Å². The molecular formula is C15H31IN4O2. The van der Waals surface area contributed by atoms with Crippen molar-refractivity contribution in [2.45, 2.75) is 51.5 Å². The summed E-state index contributed by atoms with van der Waals surface area (Å²) in [6.45, 7) is 4.91. The first-order chi connectivity index (χ1) is 10.3. The summed E-state index contributed by atoms with van der Waals surface area (Å²) >= 11 is 0. The minimum atomic E-state index is 0. The molecule has 0 radical (unpaired) electrons. The molecule has 1 aliphatic rings. The lowest BCUT2D eigenvalue weighted by atomic mass is 10.2. The maximum Gasteiger partial charge on any atom is 0.221 e. The molecule has 0 spiro atoms. The van der Waals surface area contributed by atoms with E-state index < -0.39 is 0 Å². The number of rotatable bonds is 9. The number of halogens is 1. The van der Waals surface area contributed by atoms with Gasteiger partial charge in [-0.2, -0.15) is 0 Å². The van der Waals surface area contributed by atoms with Gasteiger partial charge in [0.1, 0.15) is 0 Å². The summed E-state index contributed by atoms with van der Waals surface area (Å²) < 4.78 is 5.27. The first-order valence-electron chi connectivity index (χ1n) is 8.08. The van der Waals surface area contributed by atoms with Gasteiger partial charge in [0.15, 0.2) is 5.96 Å². The predicted molar refractivity (Wildman–Crippen MR) is 101 cm³/mol. The van der Waals surface area contributed by atoms with Crippen LogP contribution in [0.2, 0.25) is 0 Å². The Morgan fingerprint density at radius 1 is 1.23 bits per heavy atom. The first-order valence-corrected chi connectivity index (χ1v) is 8.08. The number of guanidine groups is 1. The van der Waals surface area contributed by atoms with E-state index in [0.717, 1.165) is 45.0 Å². The molecule has 0 bridgehead atoms. The van der Waals surface area contributed by atoms with E-state index in [2.05, 4.69) is 20.9 Å². The Morgan fingerprint density at radius 3 is 2.55 bits per heavy atom. The lowest BCUT2D eigenvalue weighted by Crippen LogP contribution is -2.40. The minimum absolute atomic E-state index is 0. The van der Waals surface area contributed by atoms with E-state index in [0.29, 0.717) is 19.0 Å². The Hall–Kier alpha value is -0.570. The maximum absolute atomic E-state index is 11.8. The molecule has 130 valence electrons. The molecule has 0 atom stereocenters. The molecule has 1 amide bonds. The lowest BCUT2D eigenvalue weighted by molar-refractivity contribution is -0.121. The van der Waals surface area contributed by atoms with Gasteiger partial charge < -0.3 is 20.7 Å². The highest BCUT2D eigenvalue weighted by atomic mass is 127. The molecule has 0 aliphatic heterocycles. The molecule has 0 aromatic heterocycles. The summed E-state index contributed by atoms with van der Waals surface area (Å²) in [6.07, 6.45) is 6.15. The SMILES string of the molecule is CCOCCCNC(=NC)NCCC(=O)NC1CCCC1.I. The molecular weight excluding hydrogens is 395 g/mol. The third-order valence-corrected chi connectivity index (χ3v) is 3.55. The third-order valence-electron chi connectivity index (χ3n) is 3.55. The number of nitrogens with zero attached hydrogens (tertiary/aromatic N) is 1. The molecule has 1 saturated carbocycles. The molecule has 0 saturated heterocycles. The van der Waals surface area contributed by atoms with Crippen molar-refractivity contribution in [3.8, 4) is 0 Å². The zero-order valence-electron chi connectivity index (χ0n) is 13.8. The number of hydrogen-bond acceptors (Lipinski definition) is 3. The second-order valence-electron chi connectivity index (χ2n) is 5.28. The van der Waals surface area contributed by atoms with Crippen LogP contribution in [-0.2, 0) is 9.53 Å². The molecule has 0 unspecified atom stereocenters. The standard InChI is InChI=1S/C15H30N4O2.HI/c1-3-21-12-6-10-17-15(16-2)18-11-9-14(20)19-13-7-4-5-8-13;/h13H,3-12H2,1-2H3,(H,19,20)(H2,16,17,18);1H. The topological polar surface area (TPSA) is 74.8 Å². The Bertz CT molecular complexity index is 321. The van der Waals surface area contributed by atoms with E-state index in [1.54, 1.807) is 7.05 Å². The van der Waals surface area contributed by atoms with Crippen molar-refractivity contribution >= 4 is 35.8 Å². The number of aliphatic imine (C=N–C) groups is 1. The summed E-state index contributed by atoms with van der Waals surface area (Å²) in [5.41, 5.74) is 0. The van der Waals surface area contributed by atoms with Gasteiger partial charge in [0.2, 0.25) is 5.91 Å². The second-order valence-corrected chi connectivity index (χ2v) is 5.28. The molecule has 22 heavy (non-hydrogen) atoms. The van der Waals surface area contributed by atoms with E-state index in [1.807, 2.05) is 6.92 Å². The van der Waals surface area contributed by atoms with Crippen molar-refractivity contribution in [2.75, 3.05) is 33.4 Å². The molecule has 7 heteroatoms. The summed E-state index contributed by atoms with van der Waals surface area (Å²) in [5, 5.41) is 9.44. The van der Waals surface area contributed by atoms with E-state index in [1.165, 1.54) is 12.8 Å². The number of nitrogens with one attached hydrogen (secondary N) is 3. The van der Waals surface area contributed by atoms with Gasteiger partial charge in [0, 0.05) is 45.8 Å². The van der Waals surface area contributed by atoms with Crippen molar-refractivity contribution in [1.82, 2.24) is 16.0 Å². The van der Waals surface area contributed by atoms with E-state index in [4.69, 9.17) is 4.74 Å². The molecule has 0 aromatic rings. The van der Waals surface area contributed by atoms with Crippen molar-refractivity contribution in [2.24, 2.45) is 4.99 Å². The largest absolute Gasteiger partial charge is 0.382 e. The van der Waals surface area contributed by atoms with Gasteiger partial charge in [0.25, 0.3) is 0 Å². The van der Waals surface area contributed by atoms with Crippen LogP contribution < -0.4 is 16.0 Å². The maximum atomic E-state index is 11.8. The Labute approximate surface area is 151 Å². The second kappa shape index (κ2) is 14.0. The van der Waals surface area contributed by atoms with Crippen LogP contribution in [0.1, 0.15) is 45.4 Å². The number of carbonyl (C=O) groups is 1. The Morgan fingerprint density at radius 2 is 1.91 bits per heavy atom. The van der Waals surface area contributed by atoms with Crippen LogP contribution in [0.15, 0.2) is 4.99 Å². The monoisotopic (exact) mass is 426 g/mol.